The van der Waals surface area contributed by atoms with Crippen molar-refractivity contribution in [3.8, 4) is 5.75 Å². The van der Waals surface area contributed by atoms with Crippen molar-refractivity contribution in [3.63, 3.8) is 0 Å². The molecule has 2 aromatic rings. The molecular weight excluding hydrogens is 452 g/mol. The zero-order chi connectivity index (χ0) is 24.3. The first-order valence-electron chi connectivity index (χ1n) is 8.29. The highest BCUT2D eigenvalue weighted by atomic mass is 19.4. The van der Waals surface area contributed by atoms with E-state index in [1.54, 1.807) is 6.07 Å². The molecule has 1 aromatic heterocycles. The number of halogens is 6. The Kier molecular flexibility index (Phi) is 6.91. The zero-order valence-corrected chi connectivity index (χ0v) is 15.4. The van der Waals surface area contributed by atoms with Crippen LogP contribution in [0.3, 0.4) is 0 Å². The second kappa shape index (κ2) is 9.08. The van der Waals surface area contributed by atoms with E-state index in [1.807, 2.05) is 0 Å². The molecule has 1 aliphatic heterocycles. The molecule has 32 heavy (non-hydrogen) atoms. The molecule has 2 heterocycles. The molecule has 1 aliphatic rings. The molecule has 1 atom stereocenters. The molecule has 0 saturated heterocycles. The second-order valence-electron chi connectivity index (χ2n) is 6.07. The largest absolute Gasteiger partial charge is 0.490 e. The van der Waals surface area contributed by atoms with Crippen molar-refractivity contribution in [2.24, 2.45) is 0 Å². The van der Waals surface area contributed by atoms with Crippen LogP contribution in [0.25, 0.3) is 6.08 Å². The molecule has 0 aliphatic carbocycles. The van der Waals surface area contributed by atoms with E-state index in [0.717, 1.165) is 6.08 Å². The van der Waals surface area contributed by atoms with Crippen LogP contribution >= 0.6 is 0 Å². The summed E-state index contributed by atoms with van der Waals surface area (Å²) in [4.78, 5) is 36.1. The van der Waals surface area contributed by atoms with E-state index in [4.69, 9.17) is 19.7 Å². The van der Waals surface area contributed by atoms with Gasteiger partial charge in [-0.05, 0) is 24.3 Å². The van der Waals surface area contributed by atoms with E-state index in [0.29, 0.717) is 0 Å². The Morgan fingerprint density at radius 1 is 0.969 bits per heavy atom. The maximum Gasteiger partial charge on any atom is 0.490 e. The molecule has 1 aromatic carbocycles. The summed E-state index contributed by atoms with van der Waals surface area (Å²) in [5.41, 5.74) is -0.376. The van der Waals surface area contributed by atoms with Gasteiger partial charge >= 0.3 is 24.3 Å². The summed E-state index contributed by atoms with van der Waals surface area (Å²) in [7, 11) is 0. The molecule has 13 heteroatoms. The standard InChI is InChI=1S/C17H10F3NO4.C2HF3O2/c18-17(19,20)15-12(16(23)24)6-9-3-4-10(7-13(9)25-15)14(22)11-2-1-5-21-8-11;3-2(4,5)1(6)7/h1-8,15H,(H,23,24);(H,6,7). The minimum absolute atomic E-state index is 0.111. The number of carbonyl (C=O) groups is 3. The van der Waals surface area contributed by atoms with Gasteiger partial charge in [-0.1, -0.05) is 12.1 Å². The Hall–Kier alpha value is -3.90. The van der Waals surface area contributed by atoms with Crippen LogP contribution in [-0.4, -0.2) is 51.4 Å². The molecule has 0 fully saturated rings. The minimum atomic E-state index is -5.08. The number of aromatic nitrogens is 1. The van der Waals surface area contributed by atoms with Gasteiger partial charge in [0, 0.05) is 29.1 Å². The average molecular weight is 463 g/mol. The van der Waals surface area contributed by atoms with E-state index < -0.39 is 41.8 Å². The number of fused-ring (bicyclic) bond motifs is 1. The van der Waals surface area contributed by atoms with Crippen LogP contribution in [0.4, 0.5) is 26.3 Å². The summed E-state index contributed by atoms with van der Waals surface area (Å²) in [6.45, 7) is 0. The molecule has 0 radical (unpaired) electrons. The summed E-state index contributed by atoms with van der Waals surface area (Å²) in [6.07, 6.45) is -8.85. The number of carbonyl (C=O) groups excluding carboxylic acids is 1. The van der Waals surface area contributed by atoms with Crippen LogP contribution < -0.4 is 4.74 Å². The lowest BCUT2D eigenvalue weighted by atomic mass is 9.97. The van der Waals surface area contributed by atoms with Crippen molar-refractivity contribution in [2.75, 3.05) is 0 Å². The quantitative estimate of drug-likeness (QED) is 0.527. The van der Waals surface area contributed by atoms with Gasteiger partial charge in [-0.15, -0.1) is 0 Å². The highest BCUT2D eigenvalue weighted by molar-refractivity contribution is 6.09. The lowest BCUT2D eigenvalue weighted by molar-refractivity contribution is -0.192. The zero-order valence-electron chi connectivity index (χ0n) is 15.4. The Morgan fingerprint density at radius 2 is 1.59 bits per heavy atom. The monoisotopic (exact) mass is 463 g/mol. The van der Waals surface area contributed by atoms with Gasteiger partial charge in [0.25, 0.3) is 0 Å². The first kappa shape index (κ1) is 24.4. The third-order valence-electron chi connectivity index (χ3n) is 3.82. The van der Waals surface area contributed by atoms with E-state index >= 15 is 0 Å². The van der Waals surface area contributed by atoms with Crippen molar-refractivity contribution < 1.29 is 55.7 Å². The molecule has 0 spiro atoms. The number of ether oxygens (including phenoxy) is 1. The van der Waals surface area contributed by atoms with Crippen LogP contribution in [0.15, 0.2) is 48.3 Å². The number of benzene rings is 1. The van der Waals surface area contributed by atoms with Crippen molar-refractivity contribution in [2.45, 2.75) is 18.5 Å². The number of pyridine rings is 1. The molecule has 7 nitrogen and oxygen atoms in total. The minimum Gasteiger partial charge on any atom is -0.478 e. The van der Waals surface area contributed by atoms with Crippen LogP contribution in [0.1, 0.15) is 21.5 Å². The number of hydrogen-bond donors (Lipinski definition) is 2. The highest BCUT2D eigenvalue weighted by Crippen LogP contribution is 2.37. The van der Waals surface area contributed by atoms with Crippen molar-refractivity contribution >= 4 is 23.8 Å². The SMILES string of the molecule is O=C(O)C(F)(F)F.O=C(O)C1=Cc2ccc(C(=O)c3cccnc3)cc2OC1C(F)(F)F. The Labute approximate surface area is 174 Å². The molecule has 2 N–H and O–H groups in total. The fourth-order valence-electron chi connectivity index (χ4n) is 2.41. The van der Waals surface area contributed by atoms with Gasteiger partial charge < -0.3 is 14.9 Å². The molecule has 0 amide bonds. The maximum atomic E-state index is 13.1. The molecule has 0 bridgehead atoms. The number of ketones is 1. The molecule has 1 unspecified atom stereocenters. The van der Waals surface area contributed by atoms with E-state index in [2.05, 4.69) is 4.98 Å². The van der Waals surface area contributed by atoms with Crippen molar-refractivity contribution in [3.05, 3.63) is 65.0 Å². The van der Waals surface area contributed by atoms with Gasteiger partial charge in [0.2, 0.25) is 6.10 Å². The molecule has 170 valence electrons. The predicted octanol–water partition coefficient (Wildman–Crippen LogP) is 3.74. The number of carboxylic acid groups (broad SMARTS) is 2. The Bertz CT molecular complexity index is 1060. The summed E-state index contributed by atoms with van der Waals surface area (Å²) in [6, 6.07) is 6.98. The third kappa shape index (κ3) is 5.83. The van der Waals surface area contributed by atoms with Gasteiger partial charge in [-0.3, -0.25) is 9.78 Å². The van der Waals surface area contributed by atoms with Crippen LogP contribution in [-0.2, 0) is 9.59 Å². The Balaban J connectivity index is 0.000000451. The smallest absolute Gasteiger partial charge is 0.478 e. The maximum absolute atomic E-state index is 13.1. The fourth-order valence-corrected chi connectivity index (χ4v) is 2.41. The van der Waals surface area contributed by atoms with E-state index in [9.17, 15) is 35.9 Å². The average Bonchev–Trinajstić information content (AvgIpc) is 2.71. The van der Waals surface area contributed by atoms with E-state index in [-0.39, 0.29) is 22.4 Å². The van der Waals surface area contributed by atoms with Gasteiger partial charge in [0.05, 0.1) is 5.57 Å². The first-order valence-corrected chi connectivity index (χ1v) is 8.29. The predicted molar refractivity (Wildman–Crippen MR) is 93.9 cm³/mol. The normalized spacial score (nSPS) is 15.3. The van der Waals surface area contributed by atoms with Crippen LogP contribution in [0.5, 0.6) is 5.75 Å². The lowest BCUT2D eigenvalue weighted by Crippen LogP contribution is -2.40. The third-order valence-corrected chi connectivity index (χ3v) is 3.82. The fraction of sp³-hybridized carbons (Fsp3) is 0.158. The van der Waals surface area contributed by atoms with Gasteiger partial charge in [0.1, 0.15) is 5.75 Å². The number of nitrogens with zero attached hydrogens (tertiary/aromatic N) is 1. The van der Waals surface area contributed by atoms with Crippen LogP contribution in [0, 0.1) is 0 Å². The number of rotatable bonds is 3. The van der Waals surface area contributed by atoms with Gasteiger partial charge in [-0.25, -0.2) is 9.59 Å². The van der Waals surface area contributed by atoms with Gasteiger partial charge in [0.15, 0.2) is 5.78 Å². The lowest BCUT2D eigenvalue weighted by Gasteiger charge is -2.27. The molecule has 3 rings (SSSR count). The number of alkyl halides is 6. The topological polar surface area (TPSA) is 114 Å². The summed E-state index contributed by atoms with van der Waals surface area (Å²) < 4.78 is 75.8. The number of carboxylic acids is 2. The highest BCUT2D eigenvalue weighted by Gasteiger charge is 2.48. The number of hydrogen-bond acceptors (Lipinski definition) is 5. The van der Waals surface area contributed by atoms with Crippen molar-refractivity contribution in [1.82, 2.24) is 4.98 Å². The van der Waals surface area contributed by atoms with Crippen molar-refractivity contribution in [1.29, 1.82) is 0 Å². The number of aliphatic carboxylic acids is 2. The second-order valence-corrected chi connectivity index (χ2v) is 6.07. The summed E-state index contributed by atoms with van der Waals surface area (Å²) in [5, 5.41) is 16.1. The first-order chi connectivity index (χ1) is 14.7. The van der Waals surface area contributed by atoms with E-state index in [1.165, 1.54) is 36.7 Å². The summed E-state index contributed by atoms with van der Waals surface area (Å²) >= 11 is 0. The summed E-state index contributed by atoms with van der Waals surface area (Å²) in [5.74, 6) is -5.12. The Morgan fingerprint density at radius 3 is 2.06 bits per heavy atom. The molecular formula is C19H11F6NO6. The van der Waals surface area contributed by atoms with Gasteiger partial charge in [-0.2, -0.15) is 26.3 Å². The molecule has 0 saturated carbocycles. The van der Waals surface area contributed by atoms with Crippen LogP contribution in [0.2, 0.25) is 0 Å².